The van der Waals surface area contributed by atoms with Crippen LogP contribution in [0, 0.1) is 11.3 Å². The van der Waals surface area contributed by atoms with Crippen molar-refractivity contribution in [3.8, 4) is 17.4 Å². The van der Waals surface area contributed by atoms with Crippen LogP contribution in [0.5, 0.6) is 0 Å². The maximum absolute atomic E-state index is 12.3. The summed E-state index contributed by atoms with van der Waals surface area (Å²) in [6.07, 6.45) is 1.38. The van der Waals surface area contributed by atoms with Gasteiger partial charge in [0.1, 0.15) is 23.2 Å². The van der Waals surface area contributed by atoms with Gasteiger partial charge in [-0.1, -0.05) is 39.1 Å². The molecule has 27 heavy (non-hydrogen) atoms. The topological polar surface area (TPSA) is 66.0 Å². The smallest absolute Gasteiger partial charge is 0.266 e. The van der Waals surface area contributed by atoms with E-state index in [0.29, 0.717) is 27.3 Å². The van der Waals surface area contributed by atoms with E-state index in [-0.39, 0.29) is 5.57 Å². The molecule has 0 unspecified atom stereocenters. The van der Waals surface area contributed by atoms with Crippen molar-refractivity contribution < 1.29 is 9.21 Å². The number of benzene rings is 2. The molecule has 0 bridgehead atoms. The number of rotatable bonds is 4. The van der Waals surface area contributed by atoms with E-state index in [4.69, 9.17) is 27.6 Å². The van der Waals surface area contributed by atoms with E-state index in [1.807, 2.05) is 6.07 Å². The van der Waals surface area contributed by atoms with Gasteiger partial charge in [0.25, 0.3) is 5.91 Å². The van der Waals surface area contributed by atoms with Gasteiger partial charge in [-0.15, -0.1) is 0 Å². The molecule has 0 saturated carbocycles. The van der Waals surface area contributed by atoms with Crippen LogP contribution in [0.1, 0.15) is 5.76 Å². The predicted molar refractivity (Wildman–Crippen MR) is 111 cm³/mol. The van der Waals surface area contributed by atoms with Gasteiger partial charge in [0.05, 0.1) is 10.0 Å². The molecule has 1 heterocycles. The van der Waals surface area contributed by atoms with E-state index >= 15 is 0 Å². The summed E-state index contributed by atoms with van der Waals surface area (Å²) in [5.41, 5.74) is 1.25. The Balaban J connectivity index is 1.80. The SMILES string of the molecule is N#C/C(=C\c1ccc(-c2ccc(Cl)c(Cl)c2)o1)C(=O)Nc1ccc(Br)cc1. The Morgan fingerprint density at radius 3 is 2.48 bits per heavy atom. The van der Waals surface area contributed by atoms with Gasteiger partial charge in [0.2, 0.25) is 0 Å². The lowest BCUT2D eigenvalue weighted by atomic mass is 10.2. The Labute approximate surface area is 174 Å². The summed E-state index contributed by atoms with van der Waals surface area (Å²) >= 11 is 15.3. The molecular weight excluding hydrogens is 451 g/mol. The molecule has 7 heteroatoms. The second-order valence-electron chi connectivity index (χ2n) is 5.46. The molecule has 0 aliphatic carbocycles. The number of nitrogens with one attached hydrogen (secondary N) is 1. The summed E-state index contributed by atoms with van der Waals surface area (Å²) in [6.45, 7) is 0. The zero-order chi connectivity index (χ0) is 19.4. The first-order valence-corrected chi connectivity index (χ1v) is 9.25. The molecule has 1 aromatic heterocycles. The molecular formula is C20H11BrCl2N2O2. The van der Waals surface area contributed by atoms with Crippen molar-refractivity contribution in [1.82, 2.24) is 0 Å². The lowest BCUT2D eigenvalue weighted by Crippen LogP contribution is -2.13. The molecule has 2 aromatic carbocycles. The Hall–Kier alpha value is -2.52. The van der Waals surface area contributed by atoms with Crippen LogP contribution in [0.15, 0.2) is 69.1 Å². The number of halogens is 3. The molecule has 0 saturated heterocycles. The molecule has 1 amide bonds. The number of anilines is 1. The summed E-state index contributed by atoms with van der Waals surface area (Å²) in [5.74, 6) is 0.399. The monoisotopic (exact) mass is 460 g/mol. The molecule has 0 spiro atoms. The van der Waals surface area contributed by atoms with Gasteiger partial charge in [-0.2, -0.15) is 5.26 Å². The van der Waals surface area contributed by atoms with E-state index in [2.05, 4.69) is 21.2 Å². The van der Waals surface area contributed by atoms with Crippen molar-refractivity contribution in [3.05, 3.63) is 80.4 Å². The van der Waals surface area contributed by atoms with Crippen molar-refractivity contribution in [1.29, 1.82) is 5.26 Å². The van der Waals surface area contributed by atoms with Crippen LogP contribution in [0.25, 0.3) is 17.4 Å². The van der Waals surface area contributed by atoms with Gasteiger partial charge in [-0.3, -0.25) is 4.79 Å². The van der Waals surface area contributed by atoms with Crippen molar-refractivity contribution in [2.75, 3.05) is 5.32 Å². The minimum Gasteiger partial charge on any atom is -0.457 e. The van der Waals surface area contributed by atoms with E-state index in [0.717, 1.165) is 10.0 Å². The van der Waals surface area contributed by atoms with Crippen LogP contribution in [0.3, 0.4) is 0 Å². The maximum atomic E-state index is 12.3. The lowest BCUT2D eigenvalue weighted by Gasteiger charge is -2.04. The number of nitriles is 1. The lowest BCUT2D eigenvalue weighted by molar-refractivity contribution is -0.112. The summed E-state index contributed by atoms with van der Waals surface area (Å²) < 4.78 is 6.59. The Morgan fingerprint density at radius 2 is 1.81 bits per heavy atom. The van der Waals surface area contributed by atoms with Crippen LogP contribution in [-0.4, -0.2) is 5.91 Å². The summed E-state index contributed by atoms with van der Waals surface area (Å²) in [7, 11) is 0. The number of carbonyl (C=O) groups excluding carboxylic acids is 1. The van der Waals surface area contributed by atoms with Crippen LogP contribution in [-0.2, 0) is 4.79 Å². The second-order valence-corrected chi connectivity index (χ2v) is 7.19. The van der Waals surface area contributed by atoms with Crippen LogP contribution in [0.2, 0.25) is 10.0 Å². The largest absolute Gasteiger partial charge is 0.457 e. The average Bonchev–Trinajstić information content (AvgIpc) is 3.12. The first-order chi connectivity index (χ1) is 13.0. The van der Waals surface area contributed by atoms with Gasteiger partial charge >= 0.3 is 0 Å². The number of amides is 1. The first kappa shape index (κ1) is 19.2. The third kappa shape index (κ3) is 4.81. The molecule has 0 aliphatic rings. The van der Waals surface area contributed by atoms with Gasteiger partial charge < -0.3 is 9.73 Å². The molecule has 3 aromatic rings. The van der Waals surface area contributed by atoms with Crippen molar-refractivity contribution in [2.24, 2.45) is 0 Å². The van der Waals surface area contributed by atoms with E-state index in [9.17, 15) is 10.1 Å². The van der Waals surface area contributed by atoms with E-state index in [1.54, 1.807) is 54.6 Å². The van der Waals surface area contributed by atoms with Crippen LogP contribution in [0.4, 0.5) is 5.69 Å². The van der Waals surface area contributed by atoms with E-state index in [1.165, 1.54) is 6.08 Å². The Kier molecular flexibility index (Phi) is 6.02. The van der Waals surface area contributed by atoms with Crippen LogP contribution < -0.4 is 5.32 Å². The number of hydrogen-bond acceptors (Lipinski definition) is 3. The quantitative estimate of drug-likeness (QED) is 0.353. The molecule has 134 valence electrons. The molecule has 1 N–H and O–H groups in total. The van der Waals surface area contributed by atoms with Gasteiger partial charge in [0, 0.05) is 21.8 Å². The van der Waals surface area contributed by atoms with Crippen molar-refractivity contribution >= 4 is 56.8 Å². The third-order valence-corrected chi connectivity index (χ3v) is 4.85. The highest BCUT2D eigenvalue weighted by atomic mass is 79.9. The summed E-state index contributed by atoms with van der Waals surface area (Å²) in [5, 5.41) is 12.8. The average molecular weight is 462 g/mol. The first-order valence-electron chi connectivity index (χ1n) is 7.70. The molecule has 4 nitrogen and oxygen atoms in total. The number of carbonyl (C=O) groups is 1. The number of nitrogens with zero attached hydrogens (tertiary/aromatic N) is 1. The van der Waals surface area contributed by atoms with Gasteiger partial charge in [-0.25, -0.2) is 0 Å². The highest BCUT2D eigenvalue weighted by molar-refractivity contribution is 9.10. The molecule has 0 fully saturated rings. The minimum absolute atomic E-state index is 0.0760. The third-order valence-electron chi connectivity index (χ3n) is 3.58. The predicted octanol–water partition coefficient (Wildman–Crippen LogP) is 6.56. The zero-order valence-electron chi connectivity index (χ0n) is 13.7. The normalized spacial score (nSPS) is 11.1. The zero-order valence-corrected chi connectivity index (χ0v) is 16.8. The number of furan rings is 1. The summed E-state index contributed by atoms with van der Waals surface area (Å²) in [6, 6.07) is 17.5. The minimum atomic E-state index is -0.521. The molecule has 3 rings (SSSR count). The second kappa shape index (κ2) is 8.45. The standard InChI is InChI=1S/C20H11BrCl2N2O2/c21-14-2-4-15(5-3-14)25-20(26)13(11-24)9-16-6-8-19(27-16)12-1-7-17(22)18(23)10-12/h1-10H,(H,25,26)/b13-9+. The van der Waals surface area contributed by atoms with Gasteiger partial charge in [0.15, 0.2) is 0 Å². The van der Waals surface area contributed by atoms with E-state index < -0.39 is 5.91 Å². The fourth-order valence-corrected chi connectivity index (χ4v) is 2.82. The molecule has 0 radical (unpaired) electrons. The Morgan fingerprint density at radius 1 is 1.07 bits per heavy atom. The highest BCUT2D eigenvalue weighted by Gasteiger charge is 2.12. The maximum Gasteiger partial charge on any atom is 0.266 e. The summed E-state index contributed by atoms with van der Waals surface area (Å²) in [4.78, 5) is 12.3. The molecule has 0 atom stereocenters. The van der Waals surface area contributed by atoms with Crippen molar-refractivity contribution in [3.63, 3.8) is 0 Å². The highest BCUT2D eigenvalue weighted by Crippen LogP contribution is 2.30. The van der Waals surface area contributed by atoms with Crippen LogP contribution >= 0.6 is 39.1 Å². The fraction of sp³-hybridized carbons (Fsp3) is 0. The van der Waals surface area contributed by atoms with Crippen molar-refractivity contribution in [2.45, 2.75) is 0 Å². The Bertz CT molecular complexity index is 1070. The molecule has 0 aliphatic heterocycles. The number of hydrogen-bond donors (Lipinski definition) is 1. The van der Waals surface area contributed by atoms with Gasteiger partial charge in [-0.05, 0) is 54.6 Å². The fourth-order valence-electron chi connectivity index (χ4n) is 2.26.